The van der Waals surface area contributed by atoms with E-state index in [-0.39, 0.29) is 22.7 Å². The number of nitrogens with one attached hydrogen (secondary N) is 1. The molecular formula is C45H73NO15. The lowest BCUT2D eigenvalue weighted by atomic mass is 9.47. The highest BCUT2D eigenvalue weighted by Crippen LogP contribution is 2.70. The van der Waals surface area contributed by atoms with Gasteiger partial charge in [0.05, 0.1) is 31.0 Å². The molecule has 0 aromatic rings. The summed E-state index contributed by atoms with van der Waals surface area (Å²) in [6.45, 7) is 13.2. The number of rotatable bonds is 7. The van der Waals surface area contributed by atoms with Gasteiger partial charge in [0, 0.05) is 12.5 Å². The van der Waals surface area contributed by atoms with E-state index in [0.29, 0.717) is 54.5 Å². The Bertz CT molecular complexity index is 1600. The molecule has 8 fully saturated rings. The summed E-state index contributed by atoms with van der Waals surface area (Å²) < 4.78 is 43.7. The average molecular weight is 868 g/mol. The van der Waals surface area contributed by atoms with Crippen LogP contribution in [0.3, 0.4) is 0 Å². The highest BCUT2D eigenvalue weighted by Gasteiger charge is 2.68. The van der Waals surface area contributed by atoms with Gasteiger partial charge in [-0.05, 0) is 112 Å². The van der Waals surface area contributed by atoms with Crippen molar-refractivity contribution < 1.29 is 74.0 Å². The maximum atomic E-state index is 12.0. The van der Waals surface area contributed by atoms with Crippen molar-refractivity contribution >= 4 is 0 Å². The van der Waals surface area contributed by atoms with Gasteiger partial charge in [-0.1, -0.05) is 39.3 Å². The van der Waals surface area contributed by atoms with Crippen LogP contribution < -0.4 is 5.32 Å². The van der Waals surface area contributed by atoms with Crippen molar-refractivity contribution in [2.75, 3.05) is 13.2 Å². The van der Waals surface area contributed by atoms with Gasteiger partial charge >= 0.3 is 0 Å². The van der Waals surface area contributed by atoms with E-state index >= 15 is 0 Å². The smallest absolute Gasteiger partial charge is 0.187 e. The summed E-state index contributed by atoms with van der Waals surface area (Å²) in [5, 5.41) is 89.8. The van der Waals surface area contributed by atoms with Gasteiger partial charge < -0.3 is 74.0 Å². The largest absolute Gasteiger partial charge is 0.394 e. The van der Waals surface area contributed by atoms with Crippen LogP contribution in [-0.4, -0.2) is 164 Å². The number of piperidine rings is 1. The fourth-order valence-corrected chi connectivity index (χ4v) is 14.2. The fourth-order valence-electron chi connectivity index (χ4n) is 14.2. The van der Waals surface area contributed by atoms with Crippen LogP contribution >= 0.6 is 0 Å². The van der Waals surface area contributed by atoms with Gasteiger partial charge in [-0.15, -0.1) is 0 Å². The zero-order valence-electron chi connectivity index (χ0n) is 36.6. The first-order chi connectivity index (χ1) is 28.9. The molecule has 16 nitrogen and oxygen atoms in total. The van der Waals surface area contributed by atoms with Gasteiger partial charge in [0.2, 0.25) is 0 Å². The third kappa shape index (κ3) is 7.42. The Balaban J connectivity index is 0.916. The third-order valence-corrected chi connectivity index (χ3v) is 17.9. The van der Waals surface area contributed by atoms with Gasteiger partial charge in [0.15, 0.2) is 18.9 Å². The summed E-state index contributed by atoms with van der Waals surface area (Å²) in [5.41, 5.74) is 1.41. The Hall–Kier alpha value is -0.900. The quantitative estimate of drug-likeness (QED) is 0.161. The molecule has 5 aliphatic heterocycles. The molecular weight excluding hydrogens is 794 g/mol. The molecule has 0 radical (unpaired) electrons. The van der Waals surface area contributed by atoms with E-state index in [9.17, 15) is 40.9 Å². The summed E-state index contributed by atoms with van der Waals surface area (Å²) in [6.07, 6.45) is -9.93. The van der Waals surface area contributed by atoms with E-state index in [0.717, 1.165) is 32.2 Å². The maximum Gasteiger partial charge on any atom is 0.187 e. The monoisotopic (exact) mass is 867 g/mol. The number of aliphatic hydroxyl groups is 8. The second-order valence-corrected chi connectivity index (χ2v) is 21.2. The van der Waals surface area contributed by atoms with Crippen LogP contribution in [0.25, 0.3) is 0 Å². The van der Waals surface area contributed by atoms with Crippen molar-refractivity contribution in [3.8, 4) is 0 Å². The SMILES string of the molecule is CC1CCC2(NC1)OC1CC3[C@@H]4CC=C5C[C@@H](O[C@@H]6O[C@H](CO)[C@@H](O[C@@H]7O[C@@H](C)[C@@H](O)[C@@H](O)[C@H]7O)[C@H](O)[C@H]6O[C@@H]6O[C@@H](C)[C@H](O)[C@@H](O)[C@H]6O)CC[C@]5(C)C4CC[C@]3(C)C1C2C. The lowest BCUT2D eigenvalue weighted by Crippen LogP contribution is -2.66. The minimum atomic E-state index is -1.70. The number of aliphatic hydroxyl groups excluding tert-OH is 8. The predicted molar refractivity (Wildman–Crippen MR) is 215 cm³/mol. The molecule has 3 saturated carbocycles. The number of fused-ring (bicyclic) bond motifs is 7. The summed E-state index contributed by atoms with van der Waals surface area (Å²) in [6, 6.07) is 0. The molecule has 0 aromatic carbocycles. The number of hydrogen-bond donors (Lipinski definition) is 9. The van der Waals surface area contributed by atoms with Gasteiger partial charge in [0.25, 0.3) is 0 Å². The highest BCUT2D eigenvalue weighted by atomic mass is 16.8. The number of allylic oxidation sites excluding steroid dienone is 1. The van der Waals surface area contributed by atoms with Crippen molar-refractivity contribution in [3.63, 3.8) is 0 Å². The molecule has 61 heavy (non-hydrogen) atoms. The van der Waals surface area contributed by atoms with Crippen LogP contribution in [-0.2, 0) is 33.2 Å². The van der Waals surface area contributed by atoms with E-state index in [1.165, 1.54) is 38.7 Å². The molecule has 348 valence electrons. The zero-order chi connectivity index (χ0) is 43.5. The van der Waals surface area contributed by atoms with Crippen LogP contribution in [0.2, 0.25) is 0 Å². The van der Waals surface area contributed by atoms with E-state index in [4.69, 9.17) is 33.2 Å². The van der Waals surface area contributed by atoms with Crippen molar-refractivity contribution in [2.24, 2.45) is 46.3 Å². The molecule has 16 heteroatoms. The fraction of sp³-hybridized carbons (Fsp3) is 0.956. The Morgan fingerprint density at radius 3 is 1.98 bits per heavy atom. The average Bonchev–Trinajstić information content (AvgIpc) is 3.69. The van der Waals surface area contributed by atoms with Crippen LogP contribution in [0.5, 0.6) is 0 Å². The van der Waals surface area contributed by atoms with E-state index < -0.39 is 98.7 Å². The zero-order valence-corrected chi connectivity index (χ0v) is 36.6. The normalized spacial score (nSPS) is 58.4. The lowest BCUT2D eigenvalue weighted by molar-refractivity contribution is -0.388. The van der Waals surface area contributed by atoms with Crippen molar-refractivity contribution in [1.82, 2.24) is 5.32 Å². The molecule has 9 aliphatic rings. The van der Waals surface area contributed by atoms with Crippen molar-refractivity contribution in [2.45, 2.75) is 209 Å². The first kappa shape index (κ1) is 45.3. The van der Waals surface area contributed by atoms with Crippen LogP contribution in [0.1, 0.15) is 99.3 Å². The Labute approximate surface area is 359 Å². The lowest BCUT2D eigenvalue weighted by Gasteiger charge is -2.59. The molecule has 4 aliphatic carbocycles. The molecule has 9 N–H and O–H groups in total. The summed E-state index contributed by atoms with van der Waals surface area (Å²) in [7, 11) is 0. The second kappa shape index (κ2) is 16.8. The molecule has 0 bridgehead atoms. The molecule has 0 aromatic heterocycles. The van der Waals surface area contributed by atoms with Crippen LogP contribution in [0, 0.1) is 46.3 Å². The predicted octanol–water partition coefficient (Wildman–Crippen LogP) is 0.815. The van der Waals surface area contributed by atoms with E-state index in [2.05, 4.69) is 39.1 Å². The van der Waals surface area contributed by atoms with Gasteiger partial charge in [0.1, 0.15) is 66.8 Å². The standard InChI is InChI=1S/C45H73NO15/c1-19-9-14-45(46-17-19)20(2)30-28(61-45)16-27-25-8-7-23-15-24(10-12-43(23,5)26(25)11-13-44(27,30)6)57-42-39(60-41-36(53)34(51)32(49)22(4)56-41)37(54)38(29(18-47)58-42)59-40-35(52)33(50)31(48)21(3)55-40/h7,19-22,24-42,46-54H,8-18H2,1-6H3/t19?,20?,21-,22-,24-,25+,26?,27?,28?,29+,30?,31+,32-,33+,34+,35+,36+,37-,38+,39+,40-,41-,42+,43-,44-,45?/m0/s1. The first-order valence-electron chi connectivity index (χ1n) is 23.3. The van der Waals surface area contributed by atoms with Crippen LogP contribution in [0.15, 0.2) is 11.6 Å². The van der Waals surface area contributed by atoms with E-state index in [1.807, 2.05) is 0 Å². The Morgan fingerprint density at radius 1 is 0.705 bits per heavy atom. The molecule has 26 atom stereocenters. The van der Waals surface area contributed by atoms with Crippen molar-refractivity contribution in [3.05, 3.63) is 11.6 Å². The topological polar surface area (TPSA) is 238 Å². The molecule has 9 rings (SSSR count). The first-order valence-corrected chi connectivity index (χ1v) is 23.3. The molecule has 1 spiro atoms. The maximum absolute atomic E-state index is 12.0. The van der Waals surface area contributed by atoms with Gasteiger partial charge in [-0.25, -0.2) is 0 Å². The summed E-state index contributed by atoms with van der Waals surface area (Å²) in [5.74, 6) is 3.43. The minimum absolute atomic E-state index is 0.00472. The molecule has 5 heterocycles. The van der Waals surface area contributed by atoms with E-state index in [1.54, 1.807) is 0 Å². The number of hydrogen-bond acceptors (Lipinski definition) is 16. The van der Waals surface area contributed by atoms with Crippen molar-refractivity contribution in [1.29, 1.82) is 0 Å². The number of ether oxygens (including phenoxy) is 7. The third-order valence-electron chi connectivity index (χ3n) is 17.9. The summed E-state index contributed by atoms with van der Waals surface area (Å²) >= 11 is 0. The van der Waals surface area contributed by atoms with Gasteiger partial charge in [-0.2, -0.15) is 0 Å². The Kier molecular flexibility index (Phi) is 12.4. The minimum Gasteiger partial charge on any atom is -0.394 e. The molecule has 7 unspecified atom stereocenters. The highest BCUT2D eigenvalue weighted by molar-refractivity contribution is 5.26. The summed E-state index contributed by atoms with van der Waals surface area (Å²) in [4.78, 5) is 0. The van der Waals surface area contributed by atoms with Gasteiger partial charge in [-0.3, -0.25) is 5.32 Å². The molecule has 5 saturated heterocycles. The Morgan fingerprint density at radius 2 is 1.36 bits per heavy atom. The second-order valence-electron chi connectivity index (χ2n) is 21.2. The van der Waals surface area contributed by atoms with Crippen LogP contribution in [0.4, 0.5) is 0 Å². The molecule has 0 amide bonds.